The Bertz CT molecular complexity index is 1140. The molecule has 31 heavy (non-hydrogen) atoms. The Labute approximate surface area is 183 Å². The lowest BCUT2D eigenvalue weighted by atomic mass is 9.99. The highest BCUT2D eigenvalue weighted by molar-refractivity contribution is 7.10. The predicted molar refractivity (Wildman–Crippen MR) is 116 cm³/mol. The number of ether oxygens (including phenoxy) is 2. The van der Waals surface area contributed by atoms with Gasteiger partial charge in [0.05, 0.1) is 31.4 Å². The Hall–Kier alpha value is -3.65. The van der Waals surface area contributed by atoms with E-state index >= 15 is 0 Å². The molecule has 1 atom stereocenters. The molecular weight excluding hydrogens is 416 g/mol. The van der Waals surface area contributed by atoms with Crippen molar-refractivity contribution in [1.29, 1.82) is 0 Å². The number of hydrogen-bond acceptors (Lipinski definition) is 7. The van der Waals surface area contributed by atoms with Crippen LogP contribution in [-0.2, 0) is 16.1 Å². The molecule has 8 heteroatoms. The largest absolute Gasteiger partial charge is 0.507 e. The third kappa shape index (κ3) is 3.77. The van der Waals surface area contributed by atoms with Gasteiger partial charge in [-0.25, -0.2) is 0 Å². The van der Waals surface area contributed by atoms with Gasteiger partial charge in [0.1, 0.15) is 17.3 Å². The van der Waals surface area contributed by atoms with Crippen LogP contribution in [0.5, 0.6) is 11.5 Å². The average Bonchev–Trinajstić information content (AvgIpc) is 3.41. The first-order valence-corrected chi connectivity index (χ1v) is 10.4. The number of Topliss-reactive ketones (excluding diaryl/α,β-unsaturated/α-hetero) is 1. The first-order chi connectivity index (χ1) is 15.0. The number of aliphatic hydroxyl groups excluding tert-OH is 1. The van der Waals surface area contributed by atoms with Crippen molar-refractivity contribution in [2.75, 3.05) is 14.2 Å². The molecule has 158 valence electrons. The van der Waals surface area contributed by atoms with Crippen LogP contribution in [0.2, 0.25) is 0 Å². The normalized spacial score (nSPS) is 17.7. The van der Waals surface area contributed by atoms with E-state index in [0.717, 1.165) is 10.4 Å². The standard InChI is InChI=1S/C23H20N2O5S/c1-29-15-5-6-16(17(12-15)30-2)21(26)19-20(18-4-3-11-31-18)25(23(28)22(19)27)13-14-7-9-24-10-8-14/h3-12,20,26H,13H2,1-2H3/b21-19-. The van der Waals surface area contributed by atoms with Crippen LogP contribution in [0.1, 0.15) is 22.0 Å². The van der Waals surface area contributed by atoms with E-state index in [9.17, 15) is 14.7 Å². The van der Waals surface area contributed by atoms with E-state index in [2.05, 4.69) is 4.98 Å². The third-order valence-electron chi connectivity index (χ3n) is 5.12. The molecule has 2 aromatic heterocycles. The monoisotopic (exact) mass is 436 g/mol. The zero-order valence-electron chi connectivity index (χ0n) is 16.9. The van der Waals surface area contributed by atoms with Crippen LogP contribution in [0.3, 0.4) is 0 Å². The summed E-state index contributed by atoms with van der Waals surface area (Å²) in [6, 6.07) is 11.4. The molecule has 0 radical (unpaired) electrons. The molecule has 1 fully saturated rings. The molecule has 1 saturated heterocycles. The fraction of sp³-hybridized carbons (Fsp3) is 0.174. The minimum absolute atomic E-state index is 0.0324. The van der Waals surface area contributed by atoms with Gasteiger partial charge in [-0.05, 0) is 41.3 Å². The van der Waals surface area contributed by atoms with Crippen molar-refractivity contribution in [2.45, 2.75) is 12.6 Å². The van der Waals surface area contributed by atoms with Crippen LogP contribution in [0, 0.1) is 0 Å². The number of methoxy groups -OCH3 is 2. The van der Waals surface area contributed by atoms with E-state index < -0.39 is 17.7 Å². The Morgan fingerprint density at radius 1 is 1.13 bits per heavy atom. The summed E-state index contributed by atoms with van der Waals surface area (Å²) < 4.78 is 10.6. The summed E-state index contributed by atoms with van der Waals surface area (Å²) in [7, 11) is 2.99. The summed E-state index contributed by atoms with van der Waals surface area (Å²) in [5.74, 6) is -0.802. The van der Waals surface area contributed by atoms with E-state index in [4.69, 9.17) is 9.47 Å². The third-order valence-corrected chi connectivity index (χ3v) is 6.04. The molecule has 0 aliphatic carbocycles. The molecule has 1 aromatic carbocycles. The lowest BCUT2D eigenvalue weighted by Crippen LogP contribution is -2.28. The summed E-state index contributed by atoms with van der Waals surface area (Å²) in [6.45, 7) is 0.214. The molecule has 1 amide bonds. The molecular formula is C23H20N2O5S. The summed E-state index contributed by atoms with van der Waals surface area (Å²) in [4.78, 5) is 32.3. The minimum Gasteiger partial charge on any atom is -0.507 e. The second-order valence-electron chi connectivity index (χ2n) is 6.86. The van der Waals surface area contributed by atoms with Gasteiger partial charge in [-0.15, -0.1) is 11.3 Å². The smallest absolute Gasteiger partial charge is 0.295 e. The number of pyridine rings is 1. The topological polar surface area (TPSA) is 89.0 Å². The average molecular weight is 436 g/mol. The number of carbonyl (C=O) groups is 2. The van der Waals surface area contributed by atoms with E-state index in [1.807, 2.05) is 17.5 Å². The maximum absolute atomic E-state index is 13.1. The van der Waals surface area contributed by atoms with Gasteiger partial charge in [0.2, 0.25) is 0 Å². The van der Waals surface area contributed by atoms with Gasteiger partial charge in [0.15, 0.2) is 0 Å². The fourth-order valence-corrected chi connectivity index (χ4v) is 4.46. The summed E-state index contributed by atoms with van der Waals surface area (Å²) in [5, 5.41) is 13.1. The van der Waals surface area contributed by atoms with E-state index in [1.54, 1.807) is 42.7 Å². The van der Waals surface area contributed by atoms with Crippen molar-refractivity contribution < 1.29 is 24.2 Å². The lowest BCUT2D eigenvalue weighted by molar-refractivity contribution is -0.140. The number of amides is 1. The Kier molecular flexibility index (Phi) is 5.73. The molecule has 7 nitrogen and oxygen atoms in total. The number of thiophene rings is 1. The highest BCUT2D eigenvalue weighted by atomic mass is 32.1. The van der Waals surface area contributed by atoms with Gasteiger partial charge < -0.3 is 19.5 Å². The molecule has 4 rings (SSSR count). The van der Waals surface area contributed by atoms with Crippen molar-refractivity contribution in [2.24, 2.45) is 0 Å². The zero-order chi connectivity index (χ0) is 22.0. The SMILES string of the molecule is COc1ccc(/C(O)=C2/C(=O)C(=O)N(Cc3ccncc3)C2c2cccs2)c(OC)c1. The quantitative estimate of drug-likeness (QED) is 0.359. The van der Waals surface area contributed by atoms with E-state index in [1.165, 1.54) is 30.5 Å². The Morgan fingerprint density at radius 2 is 1.90 bits per heavy atom. The van der Waals surface area contributed by atoms with Crippen molar-refractivity contribution in [3.8, 4) is 11.5 Å². The number of ketones is 1. The summed E-state index contributed by atoms with van der Waals surface area (Å²) in [5.41, 5.74) is 1.18. The second kappa shape index (κ2) is 8.61. The van der Waals surface area contributed by atoms with Crippen LogP contribution in [0.15, 0.2) is 65.8 Å². The molecule has 1 unspecified atom stereocenters. The number of likely N-dealkylation sites (tertiary alicyclic amines) is 1. The van der Waals surface area contributed by atoms with Gasteiger partial charge in [-0.3, -0.25) is 14.6 Å². The number of aromatic nitrogens is 1. The van der Waals surface area contributed by atoms with Crippen LogP contribution >= 0.6 is 11.3 Å². The van der Waals surface area contributed by atoms with Gasteiger partial charge in [-0.1, -0.05) is 6.07 Å². The summed E-state index contributed by atoms with van der Waals surface area (Å²) >= 11 is 1.42. The Morgan fingerprint density at radius 3 is 2.55 bits per heavy atom. The molecule has 1 aliphatic heterocycles. The maximum atomic E-state index is 13.1. The zero-order valence-corrected chi connectivity index (χ0v) is 17.8. The molecule has 0 spiro atoms. The minimum atomic E-state index is -0.733. The van der Waals surface area contributed by atoms with Crippen LogP contribution < -0.4 is 9.47 Å². The van der Waals surface area contributed by atoms with Crippen LogP contribution in [-0.4, -0.2) is 40.9 Å². The molecule has 1 N–H and O–H groups in total. The first kappa shape index (κ1) is 20.6. The van der Waals surface area contributed by atoms with Crippen molar-refractivity contribution in [1.82, 2.24) is 9.88 Å². The molecule has 1 aliphatic rings. The van der Waals surface area contributed by atoms with Gasteiger partial charge in [0.25, 0.3) is 11.7 Å². The lowest BCUT2D eigenvalue weighted by Gasteiger charge is -2.24. The maximum Gasteiger partial charge on any atom is 0.295 e. The number of aliphatic hydroxyl groups is 1. The van der Waals surface area contributed by atoms with Crippen molar-refractivity contribution in [3.63, 3.8) is 0 Å². The van der Waals surface area contributed by atoms with E-state index in [-0.39, 0.29) is 17.9 Å². The molecule has 0 saturated carbocycles. The van der Waals surface area contributed by atoms with Gasteiger partial charge in [0, 0.05) is 29.9 Å². The number of hydrogen-bond donors (Lipinski definition) is 1. The van der Waals surface area contributed by atoms with Gasteiger partial charge in [-0.2, -0.15) is 0 Å². The fourth-order valence-electron chi connectivity index (χ4n) is 3.61. The number of benzene rings is 1. The first-order valence-electron chi connectivity index (χ1n) is 9.48. The van der Waals surface area contributed by atoms with Crippen molar-refractivity contribution in [3.05, 3.63) is 81.8 Å². The van der Waals surface area contributed by atoms with E-state index in [0.29, 0.717) is 17.1 Å². The number of rotatable bonds is 6. The van der Waals surface area contributed by atoms with Gasteiger partial charge >= 0.3 is 0 Å². The second-order valence-corrected chi connectivity index (χ2v) is 7.84. The highest BCUT2D eigenvalue weighted by Crippen LogP contribution is 2.43. The number of nitrogens with zero attached hydrogens (tertiary/aromatic N) is 2. The van der Waals surface area contributed by atoms with Crippen LogP contribution in [0.4, 0.5) is 0 Å². The summed E-state index contributed by atoms with van der Waals surface area (Å²) in [6.07, 6.45) is 3.27. The number of carbonyl (C=O) groups excluding carboxylic acids is 2. The molecule has 3 aromatic rings. The highest BCUT2D eigenvalue weighted by Gasteiger charge is 2.46. The van der Waals surface area contributed by atoms with Crippen LogP contribution in [0.25, 0.3) is 5.76 Å². The molecule has 0 bridgehead atoms. The van der Waals surface area contributed by atoms with Crippen molar-refractivity contribution >= 4 is 28.8 Å². The Balaban J connectivity index is 1.85. The predicted octanol–water partition coefficient (Wildman–Crippen LogP) is 3.78. The molecule has 3 heterocycles.